The van der Waals surface area contributed by atoms with E-state index in [9.17, 15) is 4.79 Å². The Morgan fingerprint density at radius 1 is 1.16 bits per heavy atom. The summed E-state index contributed by atoms with van der Waals surface area (Å²) < 4.78 is 0. The molecule has 0 unspecified atom stereocenters. The normalized spacial score (nSPS) is 16.0. The number of benzene rings is 1. The van der Waals surface area contributed by atoms with Crippen LogP contribution in [0.4, 0.5) is 0 Å². The van der Waals surface area contributed by atoms with Gasteiger partial charge in [0.1, 0.15) is 0 Å². The van der Waals surface area contributed by atoms with E-state index in [-0.39, 0.29) is 35.3 Å². The predicted molar refractivity (Wildman–Crippen MR) is 115 cm³/mol. The molecule has 0 aliphatic heterocycles. The number of amides is 1. The van der Waals surface area contributed by atoms with Crippen LogP contribution in [0.5, 0.6) is 0 Å². The quantitative estimate of drug-likeness (QED) is 0.392. The first-order chi connectivity index (χ1) is 11.6. The van der Waals surface area contributed by atoms with Gasteiger partial charge in [-0.3, -0.25) is 9.79 Å². The van der Waals surface area contributed by atoms with E-state index in [0.29, 0.717) is 13.0 Å². The Balaban J connectivity index is 0.00000312. The highest BCUT2D eigenvalue weighted by Crippen LogP contribution is 2.40. The molecule has 2 rings (SSSR count). The van der Waals surface area contributed by atoms with Gasteiger partial charge in [0.05, 0.1) is 0 Å². The highest BCUT2D eigenvalue weighted by atomic mass is 127. The zero-order valence-electron chi connectivity index (χ0n) is 15.5. The van der Waals surface area contributed by atoms with Gasteiger partial charge in [-0.15, -0.1) is 24.0 Å². The average Bonchev–Trinajstić information content (AvgIpc) is 3.08. The molecule has 0 saturated heterocycles. The number of hydrogen-bond acceptors (Lipinski definition) is 2. The second-order valence-electron chi connectivity index (χ2n) is 6.74. The lowest BCUT2D eigenvalue weighted by atomic mass is 9.79. The van der Waals surface area contributed by atoms with Crippen molar-refractivity contribution in [1.82, 2.24) is 15.5 Å². The number of nitrogens with one attached hydrogen (secondary N) is 2. The van der Waals surface area contributed by atoms with Gasteiger partial charge in [0.2, 0.25) is 5.91 Å². The van der Waals surface area contributed by atoms with E-state index < -0.39 is 0 Å². The first-order valence-electron chi connectivity index (χ1n) is 8.77. The molecule has 0 radical (unpaired) electrons. The van der Waals surface area contributed by atoms with Crippen LogP contribution in [0, 0.1) is 0 Å². The Bertz CT molecular complexity index is 554. The highest BCUT2D eigenvalue weighted by molar-refractivity contribution is 14.0. The Morgan fingerprint density at radius 2 is 1.80 bits per heavy atom. The molecule has 1 aliphatic rings. The number of guanidine groups is 1. The number of carbonyl (C=O) groups is 1. The molecule has 1 aliphatic carbocycles. The van der Waals surface area contributed by atoms with Crippen LogP contribution in [0.3, 0.4) is 0 Å². The molecule has 1 fully saturated rings. The number of aliphatic imine (C=N–C) groups is 1. The maximum Gasteiger partial charge on any atom is 0.223 e. The molecular weight excluding hydrogens is 427 g/mol. The third-order valence-corrected chi connectivity index (χ3v) is 4.89. The van der Waals surface area contributed by atoms with Crippen LogP contribution in [-0.4, -0.2) is 51.0 Å². The Hall–Kier alpha value is -1.31. The van der Waals surface area contributed by atoms with Gasteiger partial charge in [-0.1, -0.05) is 43.2 Å². The van der Waals surface area contributed by atoms with E-state index in [0.717, 1.165) is 12.5 Å². The van der Waals surface area contributed by atoms with Gasteiger partial charge in [-0.25, -0.2) is 0 Å². The molecule has 6 heteroatoms. The molecule has 140 valence electrons. The van der Waals surface area contributed by atoms with Crippen LogP contribution in [-0.2, 0) is 10.2 Å². The summed E-state index contributed by atoms with van der Waals surface area (Å²) in [6.07, 6.45) is 5.44. The van der Waals surface area contributed by atoms with Crippen molar-refractivity contribution in [3.8, 4) is 0 Å². The van der Waals surface area contributed by atoms with Crippen molar-refractivity contribution in [2.75, 3.05) is 34.2 Å². The van der Waals surface area contributed by atoms with Crippen molar-refractivity contribution in [2.24, 2.45) is 4.99 Å². The van der Waals surface area contributed by atoms with Crippen molar-refractivity contribution < 1.29 is 4.79 Å². The third kappa shape index (κ3) is 6.17. The Morgan fingerprint density at radius 3 is 2.36 bits per heavy atom. The van der Waals surface area contributed by atoms with Gasteiger partial charge in [-0.2, -0.15) is 0 Å². The summed E-state index contributed by atoms with van der Waals surface area (Å²) in [5, 5.41) is 6.71. The van der Waals surface area contributed by atoms with Crippen molar-refractivity contribution in [3.63, 3.8) is 0 Å². The Kier molecular flexibility index (Phi) is 9.24. The van der Waals surface area contributed by atoms with Gasteiger partial charge in [0, 0.05) is 46.1 Å². The first kappa shape index (κ1) is 21.7. The Labute approximate surface area is 168 Å². The van der Waals surface area contributed by atoms with Crippen LogP contribution in [0.25, 0.3) is 0 Å². The van der Waals surface area contributed by atoms with Gasteiger partial charge in [-0.05, 0) is 18.4 Å². The summed E-state index contributed by atoms with van der Waals surface area (Å²) >= 11 is 0. The lowest BCUT2D eigenvalue weighted by Gasteiger charge is -2.30. The maximum atomic E-state index is 11.6. The SMILES string of the molecule is CN=C(NCCC(=O)N(C)C)NCC1(c2ccccc2)CCCC1.I. The summed E-state index contributed by atoms with van der Waals surface area (Å²) in [4.78, 5) is 17.5. The second kappa shape index (κ2) is 10.6. The monoisotopic (exact) mass is 458 g/mol. The van der Waals surface area contributed by atoms with E-state index >= 15 is 0 Å². The van der Waals surface area contributed by atoms with Crippen molar-refractivity contribution in [3.05, 3.63) is 35.9 Å². The van der Waals surface area contributed by atoms with Gasteiger partial charge >= 0.3 is 0 Å². The van der Waals surface area contributed by atoms with Crippen LogP contribution in [0.1, 0.15) is 37.7 Å². The fraction of sp³-hybridized carbons (Fsp3) is 0.579. The molecule has 0 aromatic heterocycles. The van der Waals surface area contributed by atoms with E-state index in [1.54, 1.807) is 26.0 Å². The maximum absolute atomic E-state index is 11.6. The first-order valence-corrected chi connectivity index (χ1v) is 8.77. The van der Waals surface area contributed by atoms with Crippen LogP contribution < -0.4 is 10.6 Å². The van der Waals surface area contributed by atoms with E-state index in [1.165, 1.54) is 31.2 Å². The van der Waals surface area contributed by atoms with Crippen molar-refractivity contribution in [1.29, 1.82) is 0 Å². The van der Waals surface area contributed by atoms with Gasteiger partial charge < -0.3 is 15.5 Å². The van der Waals surface area contributed by atoms with Gasteiger partial charge in [0.25, 0.3) is 0 Å². The van der Waals surface area contributed by atoms with E-state index in [2.05, 4.69) is 46.0 Å². The third-order valence-electron chi connectivity index (χ3n) is 4.89. The summed E-state index contributed by atoms with van der Waals surface area (Å²) in [7, 11) is 5.32. The van der Waals surface area contributed by atoms with Crippen molar-refractivity contribution in [2.45, 2.75) is 37.5 Å². The molecule has 0 heterocycles. The highest BCUT2D eigenvalue weighted by Gasteiger charge is 2.35. The number of nitrogens with zero attached hydrogens (tertiary/aromatic N) is 2. The smallest absolute Gasteiger partial charge is 0.223 e. The molecule has 1 saturated carbocycles. The summed E-state index contributed by atoms with van der Waals surface area (Å²) in [6, 6.07) is 10.8. The molecule has 0 atom stereocenters. The zero-order valence-corrected chi connectivity index (χ0v) is 17.9. The topological polar surface area (TPSA) is 56.7 Å². The number of hydrogen-bond donors (Lipinski definition) is 2. The fourth-order valence-corrected chi connectivity index (χ4v) is 3.40. The number of rotatable bonds is 6. The molecule has 1 aromatic rings. The minimum atomic E-state index is 0. The van der Waals surface area contributed by atoms with E-state index in [1.807, 2.05) is 0 Å². The minimum absolute atomic E-state index is 0. The summed E-state index contributed by atoms with van der Waals surface area (Å²) in [5.74, 6) is 0.887. The minimum Gasteiger partial charge on any atom is -0.356 e. The van der Waals surface area contributed by atoms with Crippen molar-refractivity contribution >= 4 is 35.8 Å². The molecule has 2 N–H and O–H groups in total. The molecule has 1 aromatic carbocycles. The zero-order chi connectivity index (χ0) is 17.4. The molecule has 25 heavy (non-hydrogen) atoms. The van der Waals surface area contributed by atoms with Crippen LogP contribution in [0.15, 0.2) is 35.3 Å². The lowest BCUT2D eigenvalue weighted by Crippen LogP contribution is -2.45. The molecule has 0 bridgehead atoms. The largest absolute Gasteiger partial charge is 0.356 e. The summed E-state index contributed by atoms with van der Waals surface area (Å²) in [5.41, 5.74) is 1.60. The number of carbonyl (C=O) groups excluding carboxylic acids is 1. The molecule has 1 amide bonds. The fourth-order valence-electron chi connectivity index (χ4n) is 3.40. The standard InChI is InChI=1S/C19H30N4O.HI/c1-20-18(21-14-11-17(24)23(2)3)22-15-19(12-7-8-13-19)16-9-5-4-6-10-16;/h4-6,9-10H,7-8,11-15H2,1-3H3,(H2,20,21,22);1H. The molecular formula is C19H31IN4O. The average molecular weight is 458 g/mol. The molecule has 0 spiro atoms. The lowest BCUT2D eigenvalue weighted by molar-refractivity contribution is -0.128. The van der Waals surface area contributed by atoms with Crippen LogP contribution in [0.2, 0.25) is 0 Å². The van der Waals surface area contributed by atoms with Crippen LogP contribution >= 0.6 is 24.0 Å². The summed E-state index contributed by atoms with van der Waals surface area (Å²) in [6.45, 7) is 1.47. The van der Waals surface area contributed by atoms with Gasteiger partial charge in [0.15, 0.2) is 5.96 Å². The second-order valence-corrected chi connectivity index (χ2v) is 6.74. The molecule has 5 nitrogen and oxygen atoms in total. The number of halogens is 1. The predicted octanol–water partition coefficient (Wildman–Crippen LogP) is 2.76. The van der Waals surface area contributed by atoms with E-state index in [4.69, 9.17) is 0 Å².